The van der Waals surface area contributed by atoms with Crippen LogP contribution in [0.15, 0.2) is 18.2 Å². The number of nitrogens with two attached hydrogens (primary N) is 1. The highest BCUT2D eigenvalue weighted by atomic mass is 32.1. The molecule has 0 aliphatic rings. The molecule has 0 aliphatic heterocycles. The minimum absolute atomic E-state index is 0.133. The molecule has 1 heterocycles. The Labute approximate surface area is 96.4 Å². The molecule has 0 aliphatic carbocycles. The number of aromatic nitrogens is 3. The van der Waals surface area contributed by atoms with Gasteiger partial charge in [0, 0.05) is 5.56 Å². The van der Waals surface area contributed by atoms with Gasteiger partial charge in [-0.2, -0.15) is 4.98 Å². The van der Waals surface area contributed by atoms with E-state index in [1.807, 2.05) is 0 Å². The number of nitrogen functional groups attached to an aromatic ring is 1. The number of benzene rings is 1. The number of H-pyrrole nitrogens is 1. The zero-order chi connectivity index (χ0) is 11.7. The average Bonchev–Trinajstić information content (AvgIpc) is 2.14. The SMILES string of the molecule is Cc1cc(F)cc(-c2nc(=S)nc(N)[nH]2)c1. The van der Waals surface area contributed by atoms with Crippen LogP contribution in [0.1, 0.15) is 5.56 Å². The number of aryl methyl sites for hydroxylation is 1. The van der Waals surface area contributed by atoms with E-state index in [4.69, 9.17) is 18.0 Å². The van der Waals surface area contributed by atoms with Crippen molar-refractivity contribution >= 4 is 18.2 Å². The van der Waals surface area contributed by atoms with Crippen LogP contribution in [0.3, 0.4) is 0 Å². The molecule has 0 radical (unpaired) electrons. The predicted octanol–water partition coefficient (Wildman–Crippen LogP) is 2.23. The molecule has 0 amide bonds. The summed E-state index contributed by atoms with van der Waals surface area (Å²) in [4.78, 5) is 10.5. The largest absolute Gasteiger partial charge is 0.369 e. The fraction of sp³-hybridized carbons (Fsp3) is 0.100. The lowest BCUT2D eigenvalue weighted by Gasteiger charge is -2.03. The lowest BCUT2D eigenvalue weighted by atomic mass is 10.1. The van der Waals surface area contributed by atoms with Crippen molar-refractivity contribution in [1.29, 1.82) is 0 Å². The van der Waals surface area contributed by atoms with Gasteiger partial charge >= 0.3 is 0 Å². The van der Waals surface area contributed by atoms with Gasteiger partial charge in [0.2, 0.25) is 10.7 Å². The Morgan fingerprint density at radius 3 is 2.69 bits per heavy atom. The maximum Gasteiger partial charge on any atom is 0.224 e. The van der Waals surface area contributed by atoms with Gasteiger partial charge in [-0.3, -0.25) is 0 Å². The number of halogens is 1. The Balaban J connectivity index is 2.62. The quantitative estimate of drug-likeness (QED) is 0.745. The van der Waals surface area contributed by atoms with E-state index in [-0.39, 0.29) is 16.5 Å². The topological polar surface area (TPSA) is 67.6 Å². The molecule has 82 valence electrons. The number of aromatic amines is 1. The minimum atomic E-state index is -0.327. The van der Waals surface area contributed by atoms with E-state index in [1.165, 1.54) is 12.1 Å². The zero-order valence-electron chi connectivity index (χ0n) is 8.49. The third-order valence-electron chi connectivity index (χ3n) is 1.99. The second-order valence-electron chi connectivity index (χ2n) is 3.38. The van der Waals surface area contributed by atoms with Gasteiger partial charge < -0.3 is 10.7 Å². The Bertz CT molecular complexity index is 573. The predicted molar refractivity (Wildman–Crippen MR) is 61.8 cm³/mol. The molecule has 1 aromatic heterocycles. The Hall–Kier alpha value is -1.82. The molecule has 0 fully saturated rings. The molecule has 3 N–H and O–H groups in total. The summed E-state index contributed by atoms with van der Waals surface area (Å²) < 4.78 is 13.3. The van der Waals surface area contributed by atoms with Crippen molar-refractivity contribution in [2.75, 3.05) is 5.73 Å². The Kier molecular flexibility index (Phi) is 2.66. The maximum atomic E-state index is 13.2. The number of hydrogen-bond acceptors (Lipinski definition) is 4. The third-order valence-corrected chi connectivity index (χ3v) is 2.17. The first kappa shape index (κ1) is 10.7. The second-order valence-corrected chi connectivity index (χ2v) is 3.75. The summed E-state index contributed by atoms with van der Waals surface area (Å²) in [5.74, 6) is 0.253. The summed E-state index contributed by atoms with van der Waals surface area (Å²) >= 11 is 4.84. The lowest BCUT2D eigenvalue weighted by Crippen LogP contribution is -2.00. The standard InChI is InChI=1S/C10H9FN4S/c1-5-2-6(4-7(11)3-5)8-13-9(12)15-10(16)14-8/h2-4H,1H3,(H3,12,13,14,15,16). The van der Waals surface area contributed by atoms with E-state index < -0.39 is 0 Å². The summed E-state index contributed by atoms with van der Waals surface area (Å²) in [5.41, 5.74) is 6.90. The van der Waals surface area contributed by atoms with Crippen LogP contribution in [0.4, 0.5) is 10.3 Å². The van der Waals surface area contributed by atoms with Crippen molar-refractivity contribution in [1.82, 2.24) is 15.0 Å². The van der Waals surface area contributed by atoms with Gasteiger partial charge in [0.15, 0.2) is 0 Å². The molecule has 0 spiro atoms. The Morgan fingerprint density at radius 1 is 1.31 bits per heavy atom. The molecule has 0 saturated carbocycles. The highest BCUT2D eigenvalue weighted by Gasteiger charge is 2.04. The van der Waals surface area contributed by atoms with Gasteiger partial charge in [0.1, 0.15) is 11.6 Å². The van der Waals surface area contributed by atoms with Crippen LogP contribution in [0.5, 0.6) is 0 Å². The van der Waals surface area contributed by atoms with Gasteiger partial charge in [-0.1, -0.05) is 0 Å². The first-order valence-electron chi connectivity index (χ1n) is 4.56. The first-order chi connectivity index (χ1) is 7.54. The van der Waals surface area contributed by atoms with Crippen molar-refractivity contribution in [3.05, 3.63) is 34.4 Å². The molecule has 4 nitrogen and oxygen atoms in total. The van der Waals surface area contributed by atoms with Crippen molar-refractivity contribution in [3.63, 3.8) is 0 Å². The van der Waals surface area contributed by atoms with Crippen LogP contribution in [0, 0.1) is 17.5 Å². The molecule has 0 saturated heterocycles. The summed E-state index contributed by atoms with van der Waals surface area (Å²) in [6, 6.07) is 4.58. The number of nitrogens with zero attached hydrogens (tertiary/aromatic N) is 2. The molecule has 2 rings (SSSR count). The third kappa shape index (κ3) is 2.22. The summed E-state index contributed by atoms with van der Waals surface area (Å²) in [5, 5.41) is 0. The highest BCUT2D eigenvalue weighted by molar-refractivity contribution is 7.71. The van der Waals surface area contributed by atoms with Crippen LogP contribution in [-0.2, 0) is 0 Å². The van der Waals surface area contributed by atoms with Crippen molar-refractivity contribution in [3.8, 4) is 11.4 Å². The van der Waals surface area contributed by atoms with Crippen LogP contribution in [-0.4, -0.2) is 15.0 Å². The first-order valence-corrected chi connectivity index (χ1v) is 4.97. The Morgan fingerprint density at radius 2 is 2.06 bits per heavy atom. The number of hydrogen-bond donors (Lipinski definition) is 2. The zero-order valence-corrected chi connectivity index (χ0v) is 9.31. The van der Waals surface area contributed by atoms with E-state index in [1.54, 1.807) is 13.0 Å². The maximum absolute atomic E-state index is 13.2. The van der Waals surface area contributed by atoms with E-state index in [0.717, 1.165) is 5.56 Å². The molecule has 6 heteroatoms. The van der Waals surface area contributed by atoms with Crippen molar-refractivity contribution in [2.45, 2.75) is 6.92 Å². The monoisotopic (exact) mass is 236 g/mol. The number of anilines is 1. The van der Waals surface area contributed by atoms with Crippen LogP contribution in [0.25, 0.3) is 11.4 Å². The number of rotatable bonds is 1. The summed E-state index contributed by atoms with van der Waals surface area (Å²) in [6.07, 6.45) is 0. The van der Waals surface area contributed by atoms with Crippen LogP contribution in [0.2, 0.25) is 0 Å². The van der Waals surface area contributed by atoms with Crippen LogP contribution >= 0.6 is 12.2 Å². The molecule has 0 bridgehead atoms. The fourth-order valence-corrected chi connectivity index (χ4v) is 1.60. The fourth-order valence-electron chi connectivity index (χ4n) is 1.41. The summed E-state index contributed by atoms with van der Waals surface area (Å²) in [6.45, 7) is 1.80. The van der Waals surface area contributed by atoms with Gasteiger partial charge in [0.05, 0.1) is 0 Å². The highest BCUT2D eigenvalue weighted by Crippen LogP contribution is 2.18. The molecular formula is C10H9FN4S. The molecule has 0 unspecified atom stereocenters. The number of nitrogens with one attached hydrogen (secondary N) is 1. The van der Waals surface area contributed by atoms with Crippen molar-refractivity contribution in [2.24, 2.45) is 0 Å². The minimum Gasteiger partial charge on any atom is -0.369 e. The average molecular weight is 236 g/mol. The van der Waals surface area contributed by atoms with E-state index in [2.05, 4.69) is 15.0 Å². The normalized spacial score (nSPS) is 10.4. The lowest BCUT2D eigenvalue weighted by molar-refractivity contribution is 0.627. The molecule has 1 aromatic carbocycles. The molecular weight excluding hydrogens is 227 g/mol. The summed E-state index contributed by atoms with van der Waals surface area (Å²) in [7, 11) is 0. The molecule has 0 atom stereocenters. The van der Waals surface area contributed by atoms with Gasteiger partial charge in [-0.05, 0) is 42.9 Å². The molecule has 16 heavy (non-hydrogen) atoms. The van der Waals surface area contributed by atoms with Crippen LogP contribution < -0.4 is 5.73 Å². The van der Waals surface area contributed by atoms with Gasteiger partial charge in [0.25, 0.3) is 0 Å². The van der Waals surface area contributed by atoms with Gasteiger partial charge in [-0.25, -0.2) is 9.37 Å². The second kappa shape index (κ2) is 3.97. The van der Waals surface area contributed by atoms with Gasteiger partial charge in [-0.15, -0.1) is 0 Å². The molecule has 2 aromatic rings. The van der Waals surface area contributed by atoms with E-state index >= 15 is 0 Å². The van der Waals surface area contributed by atoms with E-state index in [9.17, 15) is 4.39 Å². The van der Waals surface area contributed by atoms with Crippen molar-refractivity contribution < 1.29 is 4.39 Å². The van der Waals surface area contributed by atoms with E-state index in [0.29, 0.717) is 11.4 Å². The smallest absolute Gasteiger partial charge is 0.224 e.